The van der Waals surface area contributed by atoms with E-state index in [1.165, 1.54) is 30.4 Å². The molecule has 1 heterocycles. The van der Waals surface area contributed by atoms with Crippen LogP contribution in [0.25, 0.3) is 0 Å². The quantitative estimate of drug-likeness (QED) is 0.890. The van der Waals surface area contributed by atoms with Gasteiger partial charge < -0.3 is 9.84 Å². The summed E-state index contributed by atoms with van der Waals surface area (Å²) in [5.41, 5.74) is 0.187. The second-order valence-electron chi connectivity index (χ2n) is 4.55. The molecule has 3 rings (SSSR count). The van der Waals surface area contributed by atoms with Crippen LogP contribution in [0, 0.1) is 5.82 Å². The molecule has 0 spiro atoms. The van der Waals surface area contributed by atoms with Gasteiger partial charge in [0.25, 0.3) is 0 Å². The SMILES string of the molecule is O=C(O)C1=C2C(=O)C=C(Br)C=C2OC1c1cccc(F)c1. The molecule has 2 aliphatic rings. The minimum atomic E-state index is -1.26. The highest BCUT2D eigenvalue weighted by Crippen LogP contribution is 2.43. The van der Waals surface area contributed by atoms with Gasteiger partial charge in [-0.25, -0.2) is 9.18 Å². The molecule has 0 fully saturated rings. The van der Waals surface area contributed by atoms with Crippen molar-refractivity contribution < 1.29 is 23.8 Å². The van der Waals surface area contributed by atoms with Gasteiger partial charge >= 0.3 is 5.97 Å². The monoisotopic (exact) mass is 350 g/mol. The molecule has 0 aromatic heterocycles. The Balaban J connectivity index is 2.16. The van der Waals surface area contributed by atoms with Crippen molar-refractivity contribution in [3.05, 3.63) is 69.2 Å². The first-order valence-electron chi connectivity index (χ1n) is 6.00. The molecule has 1 aromatic carbocycles. The maximum Gasteiger partial charge on any atom is 0.336 e. The van der Waals surface area contributed by atoms with Crippen molar-refractivity contribution >= 4 is 27.7 Å². The van der Waals surface area contributed by atoms with Gasteiger partial charge in [0.05, 0.1) is 11.1 Å². The zero-order valence-corrected chi connectivity index (χ0v) is 12.1. The Bertz CT molecular complexity index is 761. The lowest BCUT2D eigenvalue weighted by molar-refractivity contribution is -0.133. The van der Waals surface area contributed by atoms with Crippen LogP contribution in [0.1, 0.15) is 11.7 Å². The first-order valence-corrected chi connectivity index (χ1v) is 6.80. The summed E-state index contributed by atoms with van der Waals surface area (Å²) in [6, 6.07) is 5.47. The molecule has 4 nitrogen and oxygen atoms in total. The molecule has 1 atom stereocenters. The van der Waals surface area contributed by atoms with Gasteiger partial charge in [-0.1, -0.05) is 28.1 Å². The number of carbonyl (C=O) groups excluding carboxylic acids is 1. The summed E-state index contributed by atoms with van der Waals surface area (Å²) < 4.78 is 19.4. The lowest BCUT2D eigenvalue weighted by Crippen LogP contribution is -2.12. The number of carbonyl (C=O) groups is 2. The number of hydrogen-bond donors (Lipinski definition) is 1. The fourth-order valence-corrected chi connectivity index (χ4v) is 2.77. The van der Waals surface area contributed by atoms with Crippen molar-refractivity contribution in [1.82, 2.24) is 0 Å². The number of hydrogen-bond acceptors (Lipinski definition) is 3. The third kappa shape index (κ3) is 2.31. The Hall–Kier alpha value is -2.21. The number of ketones is 1. The Kier molecular flexibility index (Phi) is 3.25. The molecule has 6 heteroatoms. The Morgan fingerprint density at radius 1 is 1.33 bits per heavy atom. The molecule has 1 aliphatic heterocycles. The van der Waals surface area contributed by atoms with Gasteiger partial charge in [-0.3, -0.25) is 4.79 Å². The van der Waals surface area contributed by atoms with E-state index in [1.807, 2.05) is 0 Å². The number of benzene rings is 1. The summed E-state index contributed by atoms with van der Waals surface area (Å²) in [5, 5.41) is 9.39. The van der Waals surface area contributed by atoms with E-state index in [2.05, 4.69) is 15.9 Å². The fourth-order valence-electron chi connectivity index (χ4n) is 2.36. The average Bonchev–Trinajstić information content (AvgIpc) is 2.78. The minimum Gasteiger partial charge on any atom is -0.480 e. The highest BCUT2D eigenvalue weighted by atomic mass is 79.9. The molecule has 1 aliphatic carbocycles. The van der Waals surface area contributed by atoms with E-state index >= 15 is 0 Å². The van der Waals surface area contributed by atoms with Crippen molar-refractivity contribution in [2.75, 3.05) is 0 Å². The molecular formula is C15H8BrFO4. The molecule has 0 saturated carbocycles. The van der Waals surface area contributed by atoms with Crippen molar-refractivity contribution in [2.45, 2.75) is 6.10 Å². The predicted molar refractivity (Wildman–Crippen MR) is 75.0 cm³/mol. The number of fused-ring (bicyclic) bond motifs is 1. The zero-order chi connectivity index (χ0) is 15.1. The van der Waals surface area contributed by atoms with Crippen LogP contribution in [0.4, 0.5) is 4.39 Å². The third-order valence-electron chi connectivity index (χ3n) is 3.19. The second kappa shape index (κ2) is 4.96. The van der Waals surface area contributed by atoms with Crippen LogP contribution in [0.2, 0.25) is 0 Å². The number of carboxylic acid groups (broad SMARTS) is 1. The van der Waals surface area contributed by atoms with Gasteiger partial charge in [-0.05, 0) is 18.2 Å². The summed E-state index contributed by atoms with van der Waals surface area (Å²) in [7, 11) is 0. The largest absolute Gasteiger partial charge is 0.480 e. The minimum absolute atomic E-state index is 0.0139. The number of halogens is 2. The number of aliphatic carboxylic acids is 1. The van der Waals surface area contributed by atoms with Crippen molar-refractivity contribution in [2.24, 2.45) is 0 Å². The van der Waals surface area contributed by atoms with Crippen LogP contribution in [-0.4, -0.2) is 16.9 Å². The maximum absolute atomic E-state index is 13.3. The van der Waals surface area contributed by atoms with E-state index in [4.69, 9.17) is 4.74 Å². The Morgan fingerprint density at radius 3 is 2.76 bits per heavy atom. The number of allylic oxidation sites excluding steroid dienone is 4. The first-order chi connectivity index (χ1) is 9.97. The lowest BCUT2D eigenvalue weighted by Gasteiger charge is -2.13. The molecule has 1 N–H and O–H groups in total. The van der Waals surface area contributed by atoms with E-state index in [-0.39, 0.29) is 16.9 Å². The summed E-state index contributed by atoms with van der Waals surface area (Å²) in [6.07, 6.45) is 1.80. The summed E-state index contributed by atoms with van der Waals surface area (Å²) in [5.74, 6) is -2.03. The van der Waals surface area contributed by atoms with Crippen LogP contribution in [0.5, 0.6) is 0 Å². The van der Waals surface area contributed by atoms with E-state index in [0.717, 1.165) is 0 Å². The Labute approximate surface area is 127 Å². The third-order valence-corrected chi connectivity index (χ3v) is 3.65. The van der Waals surface area contributed by atoms with Gasteiger partial charge in [0, 0.05) is 16.1 Å². The standard InChI is InChI=1S/C15H8BrFO4/c16-8-5-10(18)12-11(6-8)21-14(13(12)15(19)20)7-2-1-3-9(17)4-7/h1-6,14H,(H,19,20). The van der Waals surface area contributed by atoms with Crippen molar-refractivity contribution in [3.8, 4) is 0 Å². The van der Waals surface area contributed by atoms with E-state index in [9.17, 15) is 19.1 Å². The maximum atomic E-state index is 13.3. The Morgan fingerprint density at radius 2 is 2.10 bits per heavy atom. The van der Waals surface area contributed by atoms with Gasteiger partial charge in [0.15, 0.2) is 11.9 Å². The summed E-state index contributed by atoms with van der Waals surface area (Å²) in [4.78, 5) is 23.5. The molecular weight excluding hydrogens is 343 g/mol. The summed E-state index contributed by atoms with van der Waals surface area (Å²) >= 11 is 3.16. The fraction of sp³-hybridized carbons (Fsp3) is 0.0667. The number of rotatable bonds is 2. The molecule has 106 valence electrons. The number of ether oxygens (including phenoxy) is 1. The summed E-state index contributed by atoms with van der Waals surface area (Å²) in [6.45, 7) is 0. The average molecular weight is 351 g/mol. The van der Waals surface area contributed by atoms with Crippen LogP contribution in [0.3, 0.4) is 0 Å². The molecule has 0 saturated heterocycles. The van der Waals surface area contributed by atoms with Crippen LogP contribution < -0.4 is 0 Å². The molecule has 0 amide bonds. The van der Waals surface area contributed by atoms with Gasteiger partial charge in [0.2, 0.25) is 0 Å². The first kappa shape index (κ1) is 13.8. The van der Waals surface area contributed by atoms with E-state index in [0.29, 0.717) is 10.0 Å². The highest BCUT2D eigenvalue weighted by molar-refractivity contribution is 9.11. The molecule has 0 radical (unpaired) electrons. The normalized spacial score (nSPS) is 20.7. The molecule has 21 heavy (non-hydrogen) atoms. The van der Waals surface area contributed by atoms with E-state index < -0.39 is 23.7 Å². The predicted octanol–water partition coefficient (Wildman–Crippen LogP) is 3.02. The zero-order valence-electron chi connectivity index (χ0n) is 10.5. The van der Waals surface area contributed by atoms with E-state index in [1.54, 1.807) is 6.07 Å². The molecule has 1 unspecified atom stereocenters. The van der Waals surface area contributed by atoms with Crippen molar-refractivity contribution in [3.63, 3.8) is 0 Å². The number of carboxylic acids is 1. The molecule has 1 aromatic rings. The smallest absolute Gasteiger partial charge is 0.336 e. The topological polar surface area (TPSA) is 63.6 Å². The van der Waals surface area contributed by atoms with Gasteiger partial charge in [-0.2, -0.15) is 0 Å². The van der Waals surface area contributed by atoms with Crippen LogP contribution in [-0.2, 0) is 14.3 Å². The van der Waals surface area contributed by atoms with Gasteiger partial charge in [0.1, 0.15) is 11.6 Å². The lowest BCUT2D eigenvalue weighted by atomic mass is 9.95. The second-order valence-corrected chi connectivity index (χ2v) is 5.46. The van der Waals surface area contributed by atoms with Gasteiger partial charge in [-0.15, -0.1) is 0 Å². The van der Waals surface area contributed by atoms with Crippen LogP contribution >= 0.6 is 15.9 Å². The molecule has 0 bridgehead atoms. The van der Waals surface area contributed by atoms with Crippen LogP contribution in [0.15, 0.2) is 57.8 Å². The van der Waals surface area contributed by atoms with Crippen molar-refractivity contribution in [1.29, 1.82) is 0 Å². The highest BCUT2D eigenvalue weighted by Gasteiger charge is 2.40.